The molecule has 2 aromatic rings. The minimum absolute atomic E-state index is 0.111. The fourth-order valence-electron chi connectivity index (χ4n) is 1.94. The predicted octanol–water partition coefficient (Wildman–Crippen LogP) is 3.27. The van der Waals surface area contributed by atoms with E-state index < -0.39 is 12.3 Å². The van der Waals surface area contributed by atoms with Crippen molar-refractivity contribution in [3.8, 4) is 17.6 Å². The van der Waals surface area contributed by atoms with Gasteiger partial charge in [-0.2, -0.15) is 5.26 Å². The fourth-order valence-corrected chi connectivity index (χ4v) is 1.94. The molecule has 0 saturated carbocycles. The van der Waals surface area contributed by atoms with Gasteiger partial charge in [-0.1, -0.05) is 12.1 Å². The molecule has 0 fully saturated rings. The van der Waals surface area contributed by atoms with Crippen molar-refractivity contribution in [2.24, 2.45) is 0 Å². The largest absolute Gasteiger partial charge is 0.573 e. The van der Waals surface area contributed by atoms with Crippen LogP contribution in [0.2, 0.25) is 0 Å². The van der Waals surface area contributed by atoms with Crippen LogP contribution in [0, 0.1) is 11.3 Å². The van der Waals surface area contributed by atoms with Gasteiger partial charge in [-0.15, -0.1) is 13.2 Å². The highest BCUT2D eigenvalue weighted by Crippen LogP contribution is 2.24. The van der Waals surface area contributed by atoms with Crippen LogP contribution in [0.25, 0.3) is 0 Å². The van der Waals surface area contributed by atoms with Crippen molar-refractivity contribution in [1.29, 1.82) is 5.26 Å². The Hall–Kier alpha value is -3.21. The van der Waals surface area contributed by atoms with Gasteiger partial charge in [-0.3, -0.25) is 4.79 Å². The highest BCUT2D eigenvalue weighted by molar-refractivity contribution is 5.96. The highest BCUT2D eigenvalue weighted by Gasteiger charge is 2.30. The number of carbonyl (C=O) groups excluding carboxylic acids is 1. The Morgan fingerprint density at radius 2 is 1.72 bits per heavy atom. The molecule has 2 aromatic carbocycles. The van der Waals surface area contributed by atoms with E-state index in [9.17, 15) is 18.0 Å². The number of hydrogen-bond donors (Lipinski definition) is 1. The molecule has 0 spiro atoms. The Balaban J connectivity index is 1.79. The maximum atomic E-state index is 12.0. The second kappa shape index (κ2) is 8.06. The van der Waals surface area contributed by atoms with Crippen LogP contribution in [0.3, 0.4) is 0 Å². The van der Waals surface area contributed by atoms with E-state index in [1.807, 2.05) is 6.07 Å². The molecular weight excluding hydrogens is 337 g/mol. The monoisotopic (exact) mass is 350 g/mol. The Morgan fingerprint density at radius 3 is 2.36 bits per heavy atom. The number of benzene rings is 2. The summed E-state index contributed by atoms with van der Waals surface area (Å²) in [6, 6.07) is 13.2. The van der Waals surface area contributed by atoms with Crippen molar-refractivity contribution >= 4 is 5.91 Å². The lowest BCUT2D eigenvalue weighted by Gasteiger charge is -2.10. The minimum Gasteiger partial charge on any atom is -0.492 e. The van der Waals surface area contributed by atoms with Crippen LogP contribution < -0.4 is 14.8 Å². The molecule has 0 aromatic heterocycles. The summed E-state index contributed by atoms with van der Waals surface area (Å²) in [6.07, 6.45) is -4.74. The first kappa shape index (κ1) is 18.1. The highest BCUT2D eigenvalue weighted by atomic mass is 19.4. The van der Waals surface area contributed by atoms with Crippen LogP contribution in [-0.2, 0) is 0 Å². The zero-order chi connectivity index (χ0) is 18.3. The van der Waals surface area contributed by atoms with Gasteiger partial charge < -0.3 is 14.8 Å². The number of ether oxygens (including phenoxy) is 2. The standard InChI is InChI=1S/C17H13F3N2O3/c18-17(19,20)25-14-7-5-13(6-8-14)24-10-9-22-16(23)15-4-2-1-3-12(15)11-21/h1-8H,9-10H2,(H,22,23). The summed E-state index contributed by atoms with van der Waals surface area (Å²) in [5.41, 5.74) is 0.528. The van der Waals surface area contributed by atoms with Gasteiger partial charge in [0.2, 0.25) is 0 Å². The smallest absolute Gasteiger partial charge is 0.492 e. The average Bonchev–Trinajstić information content (AvgIpc) is 2.58. The van der Waals surface area contributed by atoms with E-state index in [2.05, 4.69) is 10.1 Å². The molecule has 0 bridgehead atoms. The third kappa shape index (κ3) is 5.73. The van der Waals surface area contributed by atoms with E-state index in [-0.39, 0.29) is 30.0 Å². The summed E-state index contributed by atoms with van der Waals surface area (Å²) < 4.78 is 45.2. The van der Waals surface area contributed by atoms with Crippen molar-refractivity contribution in [3.63, 3.8) is 0 Å². The maximum absolute atomic E-state index is 12.0. The van der Waals surface area contributed by atoms with Gasteiger partial charge in [-0.25, -0.2) is 0 Å². The molecule has 0 radical (unpaired) electrons. The first-order valence-electron chi connectivity index (χ1n) is 7.15. The first-order valence-corrected chi connectivity index (χ1v) is 7.15. The number of halogens is 3. The van der Waals surface area contributed by atoms with E-state index >= 15 is 0 Å². The number of nitrogens with zero attached hydrogens (tertiary/aromatic N) is 1. The summed E-state index contributed by atoms with van der Waals surface area (Å²) in [4.78, 5) is 12.0. The second-order valence-corrected chi connectivity index (χ2v) is 4.78. The van der Waals surface area contributed by atoms with Gasteiger partial charge in [0.05, 0.1) is 23.7 Å². The van der Waals surface area contributed by atoms with Crippen LogP contribution >= 0.6 is 0 Å². The number of nitriles is 1. The molecule has 8 heteroatoms. The molecule has 1 N–H and O–H groups in total. The van der Waals surface area contributed by atoms with Crippen LogP contribution in [0.4, 0.5) is 13.2 Å². The molecule has 0 saturated heterocycles. The molecule has 0 heterocycles. The Kier molecular flexibility index (Phi) is 5.84. The SMILES string of the molecule is N#Cc1ccccc1C(=O)NCCOc1ccc(OC(F)(F)F)cc1. The van der Waals surface area contributed by atoms with Crippen LogP contribution in [0.5, 0.6) is 11.5 Å². The molecule has 2 rings (SSSR count). The van der Waals surface area contributed by atoms with Crippen LogP contribution in [0.1, 0.15) is 15.9 Å². The molecule has 5 nitrogen and oxygen atoms in total. The maximum Gasteiger partial charge on any atom is 0.573 e. The minimum atomic E-state index is -4.74. The van der Waals surface area contributed by atoms with E-state index in [1.54, 1.807) is 12.1 Å². The molecule has 0 aliphatic carbocycles. The van der Waals surface area contributed by atoms with Gasteiger partial charge in [0.25, 0.3) is 5.91 Å². The normalized spacial score (nSPS) is 10.6. The molecule has 0 atom stereocenters. The summed E-state index contributed by atoms with van der Waals surface area (Å²) in [5, 5.41) is 11.5. The first-order chi connectivity index (χ1) is 11.9. The average molecular weight is 350 g/mol. The predicted molar refractivity (Wildman–Crippen MR) is 82.1 cm³/mol. The van der Waals surface area contributed by atoms with Crippen LogP contribution in [0.15, 0.2) is 48.5 Å². The van der Waals surface area contributed by atoms with Gasteiger partial charge in [-0.05, 0) is 36.4 Å². The Morgan fingerprint density at radius 1 is 1.08 bits per heavy atom. The summed E-state index contributed by atoms with van der Waals surface area (Å²) in [6.45, 7) is 0.277. The van der Waals surface area contributed by atoms with E-state index in [1.165, 1.54) is 24.3 Å². The third-order valence-electron chi connectivity index (χ3n) is 3.01. The molecule has 130 valence electrons. The van der Waals surface area contributed by atoms with Crippen molar-refractivity contribution in [3.05, 3.63) is 59.7 Å². The lowest BCUT2D eigenvalue weighted by atomic mass is 10.1. The molecule has 0 aliphatic heterocycles. The summed E-state index contributed by atoms with van der Waals surface area (Å²) >= 11 is 0. The fraction of sp³-hybridized carbons (Fsp3) is 0.176. The number of alkyl halides is 3. The van der Waals surface area contributed by atoms with Gasteiger partial charge in [0.15, 0.2) is 0 Å². The molecular formula is C17H13F3N2O3. The number of amides is 1. The lowest BCUT2D eigenvalue weighted by molar-refractivity contribution is -0.274. The molecule has 0 aliphatic rings. The second-order valence-electron chi connectivity index (χ2n) is 4.78. The number of carbonyl (C=O) groups is 1. The van der Waals surface area contributed by atoms with Crippen molar-refractivity contribution in [2.45, 2.75) is 6.36 Å². The number of hydrogen-bond acceptors (Lipinski definition) is 4. The van der Waals surface area contributed by atoms with E-state index in [4.69, 9.17) is 10.00 Å². The van der Waals surface area contributed by atoms with Gasteiger partial charge >= 0.3 is 6.36 Å². The Bertz CT molecular complexity index is 768. The Labute approximate surface area is 141 Å². The quantitative estimate of drug-likeness (QED) is 0.812. The third-order valence-corrected chi connectivity index (χ3v) is 3.01. The van der Waals surface area contributed by atoms with E-state index in [0.717, 1.165) is 12.1 Å². The number of rotatable bonds is 6. The number of nitrogens with one attached hydrogen (secondary N) is 1. The zero-order valence-corrected chi connectivity index (χ0v) is 12.8. The lowest BCUT2D eigenvalue weighted by Crippen LogP contribution is -2.28. The van der Waals surface area contributed by atoms with Crippen molar-refractivity contribution < 1.29 is 27.4 Å². The van der Waals surface area contributed by atoms with Gasteiger partial charge in [0, 0.05) is 0 Å². The van der Waals surface area contributed by atoms with Crippen molar-refractivity contribution in [1.82, 2.24) is 5.32 Å². The van der Waals surface area contributed by atoms with Crippen molar-refractivity contribution in [2.75, 3.05) is 13.2 Å². The van der Waals surface area contributed by atoms with E-state index in [0.29, 0.717) is 5.75 Å². The summed E-state index contributed by atoms with van der Waals surface area (Å²) in [5.74, 6) is -0.419. The topological polar surface area (TPSA) is 71.4 Å². The molecule has 0 unspecified atom stereocenters. The molecule has 1 amide bonds. The summed E-state index contributed by atoms with van der Waals surface area (Å²) in [7, 11) is 0. The molecule has 25 heavy (non-hydrogen) atoms. The zero-order valence-electron chi connectivity index (χ0n) is 12.8. The van der Waals surface area contributed by atoms with Crippen LogP contribution in [-0.4, -0.2) is 25.4 Å². The van der Waals surface area contributed by atoms with Gasteiger partial charge in [0.1, 0.15) is 18.1 Å².